The van der Waals surface area contributed by atoms with Gasteiger partial charge in [-0.05, 0) is 31.9 Å². The molecule has 1 aliphatic carbocycles. The lowest BCUT2D eigenvalue weighted by atomic mass is 10.3. The zero-order chi connectivity index (χ0) is 13.8. The summed E-state index contributed by atoms with van der Waals surface area (Å²) in [7, 11) is 0. The number of pyridine rings is 1. The average Bonchev–Trinajstić information content (AvgIpc) is 3.21. The number of nitrogens with zero attached hydrogens (tertiary/aromatic N) is 2. The van der Waals surface area contributed by atoms with Gasteiger partial charge >= 0.3 is 5.97 Å². The average molecular weight is 279 g/mol. The summed E-state index contributed by atoms with van der Waals surface area (Å²) >= 11 is 4.89. The van der Waals surface area contributed by atoms with Gasteiger partial charge in [-0.3, -0.25) is 4.79 Å². The summed E-state index contributed by atoms with van der Waals surface area (Å²) in [5.41, 5.74) is 6.26. The first-order valence-electron chi connectivity index (χ1n) is 6.30. The molecule has 0 bridgehead atoms. The summed E-state index contributed by atoms with van der Waals surface area (Å²) in [4.78, 5) is 18.2. The Morgan fingerprint density at radius 3 is 2.79 bits per heavy atom. The van der Waals surface area contributed by atoms with Crippen molar-refractivity contribution in [3.8, 4) is 0 Å². The van der Waals surface area contributed by atoms with Gasteiger partial charge in [0.15, 0.2) is 0 Å². The Balaban J connectivity index is 2.10. The van der Waals surface area contributed by atoms with E-state index in [1.54, 1.807) is 13.1 Å². The first kappa shape index (κ1) is 13.7. The Hall–Kier alpha value is -1.69. The summed E-state index contributed by atoms with van der Waals surface area (Å²) in [5.74, 6) is 0.533. The molecule has 0 unspecified atom stereocenters. The molecule has 0 aromatic carbocycles. The maximum Gasteiger partial charge on any atom is 0.325 e. The zero-order valence-electron chi connectivity index (χ0n) is 10.8. The predicted molar refractivity (Wildman–Crippen MR) is 77.1 cm³/mol. The van der Waals surface area contributed by atoms with Crippen LogP contribution in [-0.2, 0) is 9.53 Å². The fourth-order valence-electron chi connectivity index (χ4n) is 1.83. The van der Waals surface area contributed by atoms with Gasteiger partial charge in [-0.2, -0.15) is 0 Å². The normalized spacial score (nSPS) is 13.9. The third-order valence-electron chi connectivity index (χ3n) is 2.92. The van der Waals surface area contributed by atoms with Crippen molar-refractivity contribution in [1.29, 1.82) is 0 Å². The van der Waals surface area contributed by atoms with Gasteiger partial charge in [0.05, 0.1) is 6.61 Å². The van der Waals surface area contributed by atoms with Crippen LogP contribution in [0.25, 0.3) is 0 Å². The molecule has 1 aromatic heterocycles. The highest BCUT2D eigenvalue weighted by Gasteiger charge is 2.31. The monoisotopic (exact) mass is 279 g/mol. The molecular formula is C13H17N3O2S. The topological polar surface area (TPSA) is 68.5 Å². The number of hydrogen-bond acceptors (Lipinski definition) is 5. The van der Waals surface area contributed by atoms with Crippen LogP contribution < -0.4 is 10.6 Å². The Bertz CT molecular complexity index is 471. The molecular weight excluding hydrogens is 262 g/mol. The molecule has 0 aliphatic heterocycles. The van der Waals surface area contributed by atoms with Crippen molar-refractivity contribution in [2.75, 3.05) is 18.1 Å². The number of anilines is 1. The minimum absolute atomic E-state index is 0.227. The molecule has 5 nitrogen and oxygen atoms in total. The van der Waals surface area contributed by atoms with E-state index in [2.05, 4.69) is 4.98 Å². The van der Waals surface area contributed by atoms with E-state index in [1.807, 2.05) is 17.0 Å². The van der Waals surface area contributed by atoms with Crippen molar-refractivity contribution in [2.24, 2.45) is 5.73 Å². The number of aromatic nitrogens is 1. The highest BCUT2D eigenvalue weighted by molar-refractivity contribution is 7.80. The summed E-state index contributed by atoms with van der Waals surface area (Å²) < 4.78 is 4.98. The first-order chi connectivity index (χ1) is 9.11. The Kier molecular flexibility index (Phi) is 4.31. The lowest BCUT2D eigenvalue weighted by molar-refractivity contribution is -0.141. The number of hydrogen-bond donors (Lipinski definition) is 1. The lowest BCUT2D eigenvalue weighted by Crippen LogP contribution is -2.33. The van der Waals surface area contributed by atoms with Crippen LogP contribution in [0.1, 0.15) is 25.3 Å². The number of carbonyl (C=O) groups is 1. The van der Waals surface area contributed by atoms with Crippen molar-refractivity contribution >= 4 is 29.0 Å². The van der Waals surface area contributed by atoms with E-state index >= 15 is 0 Å². The maximum absolute atomic E-state index is 11.6. The Morgan fingerprint density at radius 2 is 2.32 bits per heavy atom. The van der Waals surface area contributed by atoms with Crippen LogP contribution in [-0.4, -0.2) is 35.1 Å². The minimum Gasteiger partial charge on any atom is -0.465 e. The molecule has 19 heavy (non-hydrogen) atoms. The molecule has 0 saturated heterocycles. The second-order valence-corrected chi connectivity index (χ2v) is 4.87. The molecule has 102 valence electrons. The summed E-state index contributed by atoms with van der Waals surface area (Å²) in [5, 5.41) is 0. The van der Waals surface area contributed by atoms with Crippen LogP contribution in [0.4, 0.5) is 5.82 Å². The van der Waals surface area contributed by atoms with Gasteiger partial charge in [-0.25, -0.2) is 4.98 Å². The molecule has 2 rings (SSSR count). The van der Waals surface area contributed by atoms with Crippen molar-refractivity contribution in [1.82, 2.24) is 4.98 Å². The molecule has 0 radical (unpaired) electrons. The summed E-state index contributed by atoms with van der Waals surface area (Å²) in [6.45, 7) is 2.43. The second-order valence-electron chi connectivity index (χ2n) is 4.43. The smallest absolute Gasteiger partial charge is 0.325 e. The van der Waals surface area contributed by atoms with Crippen LogP contribution in [0.15, 0.2) is 18.3 Å². The van der Waals surface area contributed by atoms with Gasteiger partial charge < -0.3 is 15.4 Å². The van der Waals surface area contributed by atoms with Crippen LogP contribution in [0.2, 0.25) is 0 Å². The minimum atomic E-state index is -0.227. The second kappa shape index (κ2) is 5.97. The first-order valence-corrected chi connectivity index (χ1v) is 6.70. The molecule has 0 spiro atoms. The number of carbonyl (C=O) groups excluding carboxylic acids is 1. The highest BCUT2D eigenvalue weighted by atomic mass is 32.1. The van der Waals surface area contributed by atoms with E-state index < -0.39 is 0 Å². The van der Waals surface area contributed by atoms with E-state index in [9.17, 15) is 4.79 Å². The third-order valence-corrected chi connectivity index (χ3v) is 3.15. The van der Waals surface area contributed by atoms with Gasteiger partial charge in [-0.1, -0.05) is 12.2 Å². The molecule has 6 heteroatoms. The predicted octanol–water partition coefficient (Wildman–Crippen LogP) is 1.25. The van der Waals surface area contributed by atoms with E-state index in [0.29, 0.717) is 17.6 Å². The standard InChI is InChI=1S/C13H17N3O2S/c1-2-18-12(17)8-16(10-4-5-10)11-6-3-9(7-15-11)13(14)19/h3,6-7,10H,2,4-5,8H2,1H3,(H2,14,19). The number of rotatable bonds is 6. The van der Waals surface area contributed by atoms with Gasteiger partial charge in [0.25, 0.3) is 0 Å². The Labute approximate surface area is 117 Å². The van der Waals surface area contributed by atoms with E-state index in [-0.39, 0.29) is 12.5 Å². The molecule has 1 aromatic rings. The van der Waals surface area contributed by atoms with E-state index in [1.165, 1.54) is 0 Å². The SMILES string of the molecule is CCOC(=O)CN(c1ccc(C(N)=S)cn1)C1CC1. The van der Waals surface area contributed by atoms with E-state index in [4.69, 9.17) is 22.7 Å². The molecule has 2 N–H and O–H groups in total. The number of esters is 1. The largest absolute Gasteiger partial charge is 0.465 e. The maximum atomic E-state index is 11.6. The van der Waals surface area contributed by atoms with Crippen molar-refractivity contribution < 1.29 is 9.53 Å². The van der Waals surface area contributed by atoms with Crippen molar-refractivity contribution in [2.45, 2.75) is 25.8 Å². The highest BCUT2D eigenvalue weighted by Crippen LogP contribution is 2.30. The quantitative estimate of drug-likeness (QED) is 0.624. The fraction of sp³-hybridized carbons (Fsp3) is 0.462. The molecule has 1 aliphatic rings. The van der Waals surface area contributed by atoms with Gasteiger partial charge in [-0.15, -0.1) is 0 Å². The summed E-state index contributed by atoms with van der Waals surface area (Å²) in [6.07, 6.45) is 3.80. The van der Waals surface area contributed by atoms with Crippen molar-refractivity contribution in [3.05, 3.63) is 23.9 Å². The summed E-state index contributed by atoms with van der Waals surface area (Å²) in [6, 6.07) is 4.05. The fourth-order valence-corrected chi connectivity index (χ4v) is 1.95. The zero-order valence-corrected chi connectivity index (χ0v) is 11.7. The third kappa shape index (κ3) is 3.64. The molecule has 1 heterocycles. The number of thiocarbonyl (C=S) groups is 1. The van der Waals surface area contributed by atoms with Gasteiger partial charge in [0.1, 0.15) is 17.4 Å². The van der Waals surface area contributed by atoms with Gasteiger partial charge in [0.2, 0.25) is 0 Å². The number of nitrogens with two attached hydrogens (primary N) is 1. The molecule has 0 atom stereocenters. The van der Waals surface area contributed by atoms with Gasteiger partial charge in [0, 0.05) is 17.8 Å². The molecule has 1 fully saturated rings. The van der Waals surface area contributed by atoms with Crippen LogP contribution in [0, 0.1) is 0 Å². The lowest BCUT2D eigenvalue weighted by Gasteiger charge is -2.22. The van der Waals surface area contributed by atoms with E-state index in [0.717, 1.165) is 24.2 Å². The van der Waals surface area contributed by atoms with Crippen LogP contribution >= 0.6 is 12.2 Å². The molecule has 0 amide bonds. The van der Waals surface area contributed by atoms with Crippen molar-refractivity contribution in [3.63, 3.8) is 0 Å². The molecule has 1 saturated carbocycles. The van der Waals surface area contributed by atoms with Crippen LogP contribution in [0.5, 0.6) is 0 Å². The number of ether oxygens (including phenoxy) is 1. The Morgan fingerprint density at radius 1 is 1.58 bits per heavy atom. The van der Waals surface area contributed by atoms with Crippen LogP contribution in [0.3, 0.4) is 0 Å².